The van der Waals surface area contributed by atoms with Gasteiger partial charge in [-0.15, -0.1) is 26.3 Å². The Balaban J connectivity index is -0.000000100. The number of halogens is 4. The smallest absolute Gasteiger partial charge is 0.0209 e. The van der Waals surface area contributed by atoms with E-state index in [1.54, 1.807) is 6.08 Å². The van der Waals surface area contributed by atoms with Gasteiger partial charge in [0.05, 0.1) is 0 Å². The summed E-state index contributed by atoms with van der Waals surface area (Å²) in [7, 11) is 0. The average Bonchev–Trinajstić information content (AvgIpc) is 2.55. The van der Waals surface area contributed by atoms with E-state index in [1.807, 2.05) is 18.2 Å². The lowest BCUT2D eigenvalue weighted by Gasteiger charge is -1.86. The Labute approximate surface area is 173 Å². The molecule has 0 nitrogen and oxygen atoms in total. The van der Waals surface area contributed by atoms with E-state index in [0.29, 0.717) is 0 Å². The van der Waals surface area contributed by atoms with Crippen molar-refractivity contribution in [2.75, 3.05) is 21.3 Å². The standard InChI is InChI=1S/C6H11Br.C5H9Br.C4H7Br.C3H5Br/c1-2-3-4-5-6-7;1-2-3-4-5-6;1-2-3-4-5;1-2-3-4/h2H,1,3-6H2;2H,1,3-5H2;2H,1,3-4H2;2H,1,3H2. The van der Waals surface area contributed by atoms with Gasteiger partial charge in [-0.1, -0.05) is 88.0 Å². The molecule has 0 unspecified atom stereocenters. The van der Waals surface area contributed by atoms with Crippen LogP contribution in [-0.2, 0) is 0 Å². The van der Waals surface area contributed by atoms with E-state index in [4.69, 9.17) is 0 Å². The number of rotatable bonds is 10. The van der Waals surface area contributed by atoms with Gasteiger partial charge in [0.15, 0.2) is 0 Å². The minimum Gasteiger partial charge on any atom is -0.103 e. The third-order valence-corrected chi connectivity index (χ3v) is 3.79. The van der Waals surface area contributed by atoms with Gasteiger partial charge in [-0.05, 0) is 38.5 Å². The van der Waals surface area contributed by atoms with E-state index in [0.717, 1.165) is 40.6 Å². The van der Waals surface area contributed by atoms with Gasteiger partial charge in [0.1, 0.15) is 0 Å². The van der Waals surface area contributed by atoms with Gasteiger partial charge < -0.3 is 0 Å². The van der Waals surface area contributed by atoms with Crippen LogP contribution in [0.5, 0.6) is 0 Å². The maximum atomic E-state index is 3.62. The van der Waals surface area contributed by atoms with Crippen LogP contribution in [0.4, 0.5) is 0 Å². The maximum absolute atomic E-state index is 3.62. The van der Waals surface area contributed by atoms with Crippen molar-refractivity contribution in [3.8, 4) is 0 Å². The topological polar surface area (TPSA) is 0 Å². The molecule has 0 aromatic heterocycles. The van der Waals surface area contributed by atoms with E-state index in [-0.39, 0.29) is 0 Å². The molecule has 0 bridgehead atoms. The third kappa shape index (κ3) is 69.7. The second kappa shape index (κ2) is 43.1. The molecule has 0 aromatic carbocycles. The summed E-state index contributed by atoms with van der Waals surface area (Å²) in [4.78, 5) is 0. The van der Waals surface area contributed by atoms with Crippen molar-refractivity contribution in [1.29, 1.82) is 0 Å². The number of allylic oxidation sites excluding steroid dienone is 4. The van der Waals surface area contributed by atoms with Crippen molar-refractivity contribution in [3.05, 3.63) is 50.6 Å². The SMILES string of the molecule is C=CCBr.C=CCCBr.C=CCCCBr.C=CCCCCBr. The summed E-state index contributed by atoms with van der Waals surface area (Å²) in [5, 5.41) is 4.16. The Kier molecular flexibility index (Phi) is 60.2. The van der Waals surface area contributed by atoms with Crippen molar-refractivity contribution in [2.24, 2.45) is 0 Å². The molecule has 0 aliphatic rings. The van der Waals surface area contributed by atoms with E-state index in [1.165, 1.54) is 19.3 Å². The molecule has 0 radical (unpaired) electrons. The Morgan fingerprint density at radius 1 is 0.500 bits per heavy atom. The zero-order chi connectivity index (χ0) is 17.9. The van der Waals surface area contributed by atoms with Crippen molar-refractivity contribution in [3.63, 3.8) is 0 Å². The average molecular weight is 568 g/mol. The molecule has 0 amide bonds. The Morgan fingerprint density at radius 3 is 1.09 bits per heavy atom. The normalized spacial score (nSPS) is 7.82. The molecule has 0 atom stereocenters. The van der Waals surface area contributed by atoms with Gasteiger partial charge in [0, 0.05) is 21.3 Å². The van der Waals surface area contributed by atoms with E-state index in [2.05, 4.69) is 90.0 Å². The summed E-state index contributed by atoms with van der Waals surface area (Å²) in [5.41, 5.74) is 0. The highest BCUT2D eigenvalue weighted by Gasteiger charge is 1.78. The van der Waals surface area contributed by atoms with Crippen LogP contribution in [0.15, 0.2) is 50.6 Å². The zero-order valence-electron chi connectivity index (χ0n) is 13.7. The first kappa shape index (κ1) is 30.7. The highest BCUT2D eigenvalue weighted by atomic mass is 79.9. The summed E-state index contributed by atoms with van der Waals surface area (Å²) >= 11 is 13.0. The van der Waals surface area contributed by atoms with E-state index < -0.39 is 0 Å². The lowest BCUT2D eigenvalue weighted by atomic mass is 10.2. The predicted molar refractivity (Wildman–Crippen MR) is 124 cm³/mol. The lowest BCUT2D eigenvalue weighted by molar-refractivity contribution is 0.828. The molecule has 0 aliphatic carbocycles. The molecule has 0 saturated carbocycles. The first-order valence-corrected chi connectivity index (χ1v) is 11.8. The summed E-state index contributed by atoms with van der Waals surface area (Å²) in [6, 6.07) is 0. The molecule has 0 aliphatic heterocycles. The minimum absolute atomic E-state index is 0.896. The Morgan fingerprint density at radius 2 is 0.909 bits per heavy atom. The molecule has 0 rings (SSSR count). The highest BCUT2D eigenvalue weighted by molar-refractivity contribution is 9.09. The van der Waals surface area contributed by atoms with Gasteiger partial charge in [0.2, 0.25) is 0 Å². The van der Waals surface area contributed by atoms with Crippen LogP contribution in [0, 0.1) is 0 Å². The minimum atomic E-state index is 0.896. The van der Waals surface area contributed by atoms with Crippen molar-refractivity contribution in [2.45, 2.75) is 38.5 Å². The molecule has 0 N–H and O–H groups in total. The fraction of sp³-hybridized carbons (Fsp3) is 0.556. The summed E-state index contributed by atoms with van der Waals surface area (Å²) in [6.07, 6.45) is 14.7. The molecule has 0 aromatic rings. The Hall–Kier alpha value is 0.880. The molecule has 4 heteroatoms. The number of hydrogen-bond donors (Lipinski definition) is 0. The second-order valence-corrected chi connectivity index (χ2v) is 6.83. The van der Waals surface area contributed by atoms with Crippen LogP contribution in [-0.4, -0.2) is 21.3 Å². The molecular weight excluding hydrogens is 536 g/mol. The van der Waals surface area contributed by atoms with Gasteiger partial charge >= 0.3 is 0 Å². The molecule has 0 spiro atoms. The first-order valence-electron chi connectivity index (χ1n) is 7.34. The Bertz CT molecular complexity index is 203. The van der Waals surface area contributed by atoms with Crippen LogP contribution in [0.2, 0.25) is 0 Å². The van der Waals surface area contributed by atoms with Gasteiger partial charge in [-0.3, -0.25) is 0 Å². The van der Waals surface area contributed by atoms with Crippen molar-refractivity contribution >= 4 is 63.7 Å². The van der Waals surface area contributed by atoms with Crippen LogP contribution < -0.4 is 0 Å². The second-order valence-electron chi connectivity index (χ2n) is 3.80. The number of unbranched alkanes of at least 4 members (excludes halogenated alkanes) is 3. The molecule has 132 valence electrons. The summed E-state index contributed by atoms with van der Waals surface area (Å²) < 4.78 is 0. The zero-order valence-corrected chi connectivity index (χ0v) is 20.1. The van der Waals surface area contributed by atoms with Gasteiger partial charge in [-0.25, -0.2) is 0 Å². The summed E-state index contributed by atoms with van der Waals surface area (Å²) in [5.74, 6) is 0. The van der Waals surface area contributed by atoms with E-state index in [9.17, 15) is 0 Å². The largest absolute Gasteiger partial charge is 0.103 e. The molecule has 0 heterocycles. The van der Waals surface area contributed by atoms with Crippen molar-refractivity contribution in [1.82, 2.24) is 0 Å². The molecule has 0 saturated heterocycles. The van der Waals surface area contributed by atoms with Crippen LogP contribution in [0.25, 0.3) is 0 Å². The third-order valence-electron chi connectivity index (χ3n) is 1.76. The van der Waals surface area contributed by atoms with E-state index >= 15 is 0 Å². The van der Waals surface area contributed by atoms with Crippen LogP contribution in [0.1, 0.15) is 38.5 Å². The number of hydrogen-bond acceptors (Lipinski definition) is 0. The fourth-order valence-electron chi connectivity index (χ4n) is 0.682. The van der Waals surface area contributed by atoms with Crippen LogP contribution in [0.3, 0.4) is 0 Å². The quantitative estimate of drug-likeness (QED) is 0.141. The lowest BCUT2D eigenvalue weighted by Crippen LogP contribution is -1.71. The van der Waals surface area contributed by atoms with Crippen molar-refractivity contribution < 1.29 is 0 Å². The summed E-state index contributed by atoms with van der Waals surface area (Å²) in [6.45, 7) is 14.1. The maximum Gasteiger partial charge on any atom is 0.0209 e. The fourth-order valence-corrected chi connectivity index (χ4v) is 1.73. The molecular formula is C18H32Br4. The van der Waals surface area contributed by atoms with Gasteiger partial charge in [-0.2, -0.15) is 0 Å². The molecule has 0 fully saturated rings. The predicted octanol–water partition coefficient (Wildman–Crippen LogP) is 8.61. The highest BCUT2D eigenvalue weighted by Crippen LogP contribution is 1.97. The monoisotopic (exact) mass is 564 g/mol. The van der Waals surface area contributed by atoms with Crippen LogP contribution >= 0.6 is 63.7 Å². The molecule has 22 heavy (non-hydrogen) atoms. The first-order chi connectivity index (χ1) is 10.7. The van der Waals surface area contributed by atoms with Gasteiger partial charge in [0.25, 0.3) is 0 Å². The number of alkyl halides is 4.